The fraction of sp³-hybridized carbons (Fsp3) is 0.250. The second-order valence-electron chi connectivity index (χ2n) is 4.85. The third-order valence-corrected chi connectivity index (χ3v) is 4.11. The van der Waals surface area contributed by atoms with Crippen molar-refractivity contribution in [2.75, 3.05) is 6.61 Å². The molecule has 0 unspecified atom stereocenters. The molecule has 21 heavy (non-hydrogen) atoms. The van der Waals surface area contributed by atoms with Crippen molar-refractivity contribution in [3.63, 3.8) is 0 Å². The first-order valence-electron chi connectivity index (χ1n) is 6.63. The molecule has 0 saturated heterocycles. The smallest absolute Gasteiger partial charge is 0.129 e. The maximum absolute atomic E-state index is 9.39. The average Bonchev–Trinajstić information content (AvgIpc) is 2.93. The molecule has 2 aromatic carbocycles. The highest BCUT2D eigenvalue weighted by Gasteiger charge is 2.18. The van der Waals surface area contributed by atoms with E-state index in [4.69, 9.17) is 21.1 Å². The van der Waals surface area contributed by atoms with Gasteiger partial charge in [-0.15, -0.1) is 0 Å². The van der Waals surface area contributed by atoms with Crippen molar-refractivity contribution in [1.82, 2.24) is 0 Å². The molecule has 3 rings (SSSR count). The Hall–Kier alpha value is -1.23. The molecule has 0 amide bonds. The second-order valence-corrected chi connectivity index (χ2v) is 6.20. The van der Waals surface area contributed by atoms with E-state index in [2.05, 4.69) is 15.9 Å². The van der Waals surface area contributed by atoms with Crippen LogP contribution in [0.25, 0.3) is 0 Å². The van der Waals surface area contributed by atoms with Crippen LogP contribution in [0.1, 0.15) is 16.7 Å². The van der Waals surface area contributed by atoms with Gasteiger partial charge in [-0.3, -0.25) is 0 Å². The first-order valence-corrected chi connectivity index (χ1v) is 7.80. The van der Waals surface area contributed by atoms with Gasteiger partial charge in [0.25, 0.3) is 0 Å². The Labute approximate surface area is 136 Å². The molecule has 2 aromatic rings. The van der Waals surface area contributed by atoms with Crippen molar-refractivity contribution in [2.45, 2.75) is 19.6 Å². The third kappa shape index (κ3) is 3.18. The van der Waals surface area contributed by atoms with Gasteiger partial charge in [0.05, 0.1) is 13.2 Å². The Bertz CT molecular complexity index is 673. The van der Waals surface area contributed by atoms with Gasteiger partial charge in [-0.1, -0.05) is 27.5 Å². The lowest BCUT2D eigenvalue weighted by Gasteiger charge is -2.13. The minimum Gasteiger partial charge on any atom is -0.493 e. The maximum atomic E-state index is 9.39. The van der Waals surface area contributed by atoms with Crippen LogP contribution in [0.3, 0.4) is 0 Å². The number of aliphatic hydroxyl groups is 1. The number of hydrogen-bond donors (Lipinski definition) is 1. The zero-order valence-electron chi connectivity index (χ0n) is 11.2. The largest absolute Gasteiger partial charge is 0.493 e. The summed E-state index contributed by atoms with van der Waals surface area (Å²) in [5.41, 5.74) is 2.80. The first-order chi connectivity index (χ1) is 10.2. The monoisotopic (exact) mass is 368 g/mol. The Kier molecular flexibility index (Phi) is 4.38. The van der Waals surface area contributed by atoms with E-state index in [1.54, 1.807) is 0 Å². The minimum absolute atomic E-state index is 0.0705. The number of halogens is 2. The van der Waals surface area contributed by atoms with Crippen molar-refractivity contribution >= 4 is 27.5 Å². The molecule has 0 bridgehead atoms. The molecule has 0 saturated carbocycles. The van der Waals surface area contributed by atoms with Crippen LogP contribution in [-0.4, -0.2) is 11.7 Å². The van der Waals surface area contributed by atoms with Crippen LogP contribution in [0.15, 0.2) is 34.8 Å². The Morgan fingerprint density at radius 2 is 2.10 bits per heavy atom. The lowest BCUT2D eigenvalue weighted by atomic mass is 10.1. The number of aliphatic hydroxyl groups excluding tert-OH is 1. The zero-order valence-corrected chi connectivity index (χ0v) is 13.6. The van der Waals surface area contributed by atoms with E-state index < -0.39 is 0 Å². The van der Waals surface area contributed by atoms with Crippen LogP contribution >= 0.6 is 27.5 Å². The molecular weight excluding hydrogens is 356 g/mol. The normalized spacial score (nSPS) is 12.9. The summed E-state index contributed by atoms with van der Waals surface area (Å²) >= 11 is 9.51. The van der Waals surface area contributed by atoms with Gasteiger partial charge in [0.2, 0.25) is 0 Å². The van der Waals surface area contributed by atoms with Crippen LogP contribution in [0.4, 0.5) is 0 Å². The van der Waals surface area contributed by atoms with E-state index in [-0.39, 0.29) is 6.61 Å². The first kappa shape index (κ1) is 14.7. The van der Waals surface area contributed by atoms with Crippen molar-refractivity contribution in [1.29, 1.82) is 0 Å². The van der Waals surface area contributed by atoms with E-state index >= 15 is 0 Å². The fourth-order valence-electron chi connectivity index (χ4n) is 2.42. The van der Waals surface area contributed by atoms with E-state index in [9.17, 15) is 5.11 Å². The summed E-state index contributed by atoms with van der Waals surface area (Å²) in [5, 5.41) is 10.1. The lowest BCUT2D eigenvalue weighted by Crippen LogP contribution is -2.01. The fourth-order valence-corrected chi connectivity index (χ4v) is 3.09. The van der Waals surface area contributed by atoms with Crippen molar-refractivity contribution < 1.29 is 14.6 Å². The van der Waals surface area contributed by atoms with Gasteiger partial charge in [-0.25, -0.2) is 0 Å². The molecule has 1 N–H and O–H groups in total. The summed E-state index contributed by atoms with van der Waals surface area (Å²) in [7, 11) is 0. The lowest BCUT2D eigenvalue weighted by molar-refractivity contribution is 0.256. The van der Waals surface area contributed by atoms with Gasteiger partial charge in [-0.05, 0) is 35.9 Å². The summed E-state index contributed by atoms with van der Waals surface area (Å²) in [6.45, 7) is 0.972. The molecule has 1 aliphatic heterocycles. The quantitative estimate of drug-likeness (QED) is 0.881. The predicted molar refractivity (Wildman–Crippen MR) is 85.0 cm³/mol. The Morgan fingerprint density at radius 1 is 1.24 bits per heavy atom. The van der Waals surface area contributed by atoms with Crippen LogP contribution in [-0.2, 0) is 19.6 Å². The van der Waals surface area contributed by atoms with Gasteiger partial charge in [-0.2, -0.15) is 0 Å². The maximum Gasteiger partial charge on any atom is 0.129 e. The molecule has 110 valence electrons. The summed E-state index contributed by atoms with van der Waals surface area (Å²) in [6, 6.07) is 9.36. The highest BCUT2D eigenvalue weighted by atomic mass is 79.9. The summed E-state index contributed by atoms with van der Waals surface area (Å²) in [4.78, 5) is 0. The highest BCUT2D eigenvalue weighted by Crippen LogP contribution is 2.34. The number of rotatable bonds is 4. The molecule has 1 heterocycles. The van der Waals surface area contributed by atoms with Crippen molar-refractivity contribution in [2.24, 2.45) is 0 Å². The topological polar surface area (TPSA) is 38.7 Å². The number of ether oxygens (including phenoxy) is 2. The standard InChI is InChI=1S/C16H14BrClO3/c17-13-1-2-15(11(5-13)8-19)21-9-12-7-14(18)6-10-3-4-20-16(10)12/h1-2,5-7,19H,3-4,8-9H2. The number of fused-ring (bicyclic) bond motifs is 1. The van der Waals surface area contributed by atoms with Crippen LogP contribution in [0.5, 0.6) is 11.5 Å². The summed E-state index contributed by atoms with van der Waals surface area (Å²) in [6.07, 6.45) is 0.878. The highest BCUT2D eigenvalue weighted by molar-refractivity contribution is 9.10. The molecule has 0 spiro atoms. The van der Waals surface area contributed by atoms with Gasteiger partial charge in [0.1, 0.15) is 18.1 Å². The molecule has 0 fully saturated rings. The Balaban J connectivity index is 1.83. The molecule has 0 radical (unpaired) electrons. The van der Waals surface area contributed by atoms with E-state index in [0.29, 0.717) is 24.0 Å². The predicted octanol–water partition coefficient (Wildman–Crippen LogP) is 4.11. The van der Waals surface area contributed by atoms with Gasteiger partial charge in [0.15, 0.2) is 0 Å². The van der Waals surface area contributed by atoms with Crippen LogP contribution in [0, 0.1) is 0 Å². The van der Waals surface area contributed by atoms with E-state index in [0.717, 1.165) is 33.3 Å². The van der Waals surface area contributed by atoms with E-state index in [1.165, 1.54) is 0 Å². The molecule has 0 atom stereocenters. The zero-order chi connectivity index (χ0) is 14.8. The van der Waals surface area contributed by atoms with Gasteiger partial charge >= 0.3 is 0 Å². The number of hydrogen-bond acceptors (Lipinski definition) is 3. The van der Waals surface area contributed by atoms with Crippen LogP contribution in [0.2, 0.25) is 5.02 Å². The second kappa shape index (κ2) is 6.26. The molecule has 3 nitrogen and oxygen atoms in total. The molecule has 1 aliphatic rings. The van der Waals surface area contributed by atoms with Gasteiger partial charge < -0.3 is 14.6 Å². The van der Waals surface area contributed by atoms with Crippen molar-refractivity contribution in [3.05, 3.63) is 56.5 Å². The molecule has 5 heteroatoms. The van der Waals surface area contributed by atoms with Crippen molar-refractivity contribution in [3.8, 4) is 11.5 Å². The minimum atomic E-state index is -0.0705. The summed E-state index contributed by atoms with van der Waals surface area (Å²) in [5.74, 6) is 1.54. The average molecular weight is 370 g/mol. The molecule has 0 aromatic heterocycles. The van der Waals surface area contributed by atoms with Crippen LogP contribution < -0.4 is 9.47 Å². The number of benzene rings is 2. The molecule has 0 aliphatic carbocycles. The third-order valence-electron chi connectivity index (χ3n) is 3.40. The van der Waals surface area contributed by atoms with E-state index in [1.807, 2.05) is 30.3 Å². The SMILES string of the molecule is OCc1cc(Br)ccc1OCc1cc(Cl)cc2c1OCC2. The van der Waals surface area contributed by atoms with Gasteiger partial charge in [0, 0.05) is 27.0 Å². The summed E-state index contributed by atoms with van der Waals surface area (Å²) < 4.78 is 12.4. The Morgan fingerprint density at radius 3 is 2.90 bits per heavy atom. The molecular formula is C16H14BrClO3.